The molecule has 0 fully saturated rings. The van der Waals surface area contributed by atoms with Gasteiger partial charge in [0.05, 0.1) is 0 Å². The summed E-state index contributed by atoms with van der Waals surface area (Å²) in [6, 6.07) is 0. The van der Waals surface area contributed by atoms with Gasteiger partial charge in [0.15, 0.2) is 0 Å². The van der Waals surface area contributed by atoms with Crippen LogP contribution in [0.25, 0.3) is 0 Å². The molecule has 0 aromatic heterocycles. The zero-order chi connectivity index (χ0) is 5.98. The Morgan fingerprint density at radius 1 is 1.00 bits per heavy atom. The smallest absolute Gasteiger partial charge is 0.0262 e. The van der Waals surface area contributed by atoms with Crippen LogP contribution < -0.4 is 0 Å². The van der Waals surface area contributed by atoms with Crippen molar-refractivity contribution in [1.29, 1.82) is 0 Å². The molecule has 0 aromatic carbocycles. The van der Waals surface area contributed by atoms with Crippen molar-refractivity contribution in [3.05, 3.63) is 12.2 Å². The van der Waals surface area contributed by atoms with Gasteiger partial charge in [-0.2, -0.15) is 0 Å². The van der Waals surface area contributed by atoms with Gasteiger partial charge in [0.2, 0.25) is 0 Å². The van der Waals surface area contributed by atoms with Crippen LogP contribution >= 0.6 is 0 Å². The molecule has 0 nitrogen and oxygen atoms in total. The Bertz CT molecular complexity index is 80.2. The summed E-state index contributed by atoms with van der Waals surface area (Å²) in [5, 5.41) is 0. The Kier molecular flexibility index (Phi) is 1.72. The van der Waals surface area contributed by atoms with Gasteiger partial charge in [-0.1, -0.05) is 26.0 Å². The minimum Gasteiger partial charge on any atom is -0.0854 e. The molecular formula is C8H14. The van der Waals surface area contributed by atoms with Gasteiger partial charge >= 0.3 is 0 Å². The van der Waals surface area contributed by atoms with Crippen LogP contribution in [-0.4, -0.2) is 0 Å². The first-order valence-electron chi connectivity index (χ1n) is 3.47. The third-order valence-electron chi connectivity index (χ3n) is 1.85. The van der Waals surface area contributed by atoms with E-state index in [1.807, 2.05) is 0 Å². The Morgan fingerprint density at radius 2 is 1.38 bits per heavy atom. The van der Waals surface area contributed by atoms with Gasteiger partial charge in [-0.05, 0) is 24.7 Å². The molecule has 46 valence electrons. The van der Waals surface area contributed by atoms with Gasteiger partial charge in [-0.3, -0.25) is 0 Å². The average molecular weight is 110 g/mol. The lowest BCUT2D eigenvalue weighted by molar-refractivity contribution is 0.502. The average Bonchev–Trinajstić information content (AvgIpc) is 1.77. The molecule has 0 bridgehead atoms. The molecule has 0 radical (unpaired) electrons. The summed E-state index contributed by atoms with van der Waals surface area (Å²) >= 11 is 0. The van der Waals surface area contributed by atoms with Crippen LogP contribution in [-0.2, 0) is 0 Å². The van der Waals surface area contributed by atoms with Gasteiger partial charge in [0.25, 0.3) is 0 Å². The molecule has 0 saturated heterocycles. The molecular weight excluding hydrogens is 96.1 g/mol. The van der Waals surface area contributed by atoms with Crippen molar-refractivity contribution >= 4 is 0 Å². The van der Waals surface area contributed by atoms with E-state index in [2.05, 4.69) is 26.0 Å². The lowest BCUT2D eigenvalue weighted by atomic mass is 9.91. The molecule has 0 N–H and O–H groups in total. The maximum Gasteiger partial charge on any atom is -0.0262 e. The third-order valence-corrected chi connectivity index (χ3v) is 1.85. The standard InChI is InChI=1S/C8H14/c1-7-3-5-8(2)6-4-7/h3,5,7-8H,4,6H2,1-2H3/t7-,8?/m1/s1. The summed E-state index contributed by atoms with van der Waals surface area (Å²) < 4.78 is 0. The first-order valence-corrected chi connectivity index (χ1v) is 3.47. The topological polar surface area (TPSA) is 0 Å². The van der Waals surface area contributed by atoms with Crippen LogP contribution in [0.5, 0.6) is 0 Å². The van der Waals surface area contributed by atoms with E-state index in [0.29, 0.717) is 0 Å². The Hall–Kier alpha value is -0.260. The Balaban J connectivity index is 2.42. The van der Waals surface area contributed by atoms with Crippen molar-refractivity contribution in [3.63, 3.8) is 0 Å². The molecule has 8 heavy (non-hydrogen) atoms. The molecule has 0 saturated carbocycles. The van der Waals surface area contributed by atoms with Crippen molar-refractivity contribution in [2.24, 2.45) is 11.8 Å². The van der Waals surface area contributed by atoms with Crippen molar-refractivity contribution in [2.75, 3.05) is 0 Å². The van der Waals surface area contributed by atoms with Gasteiger partial charge in [-0.15, -0.1) is 0 Å². The second kappa shape index (κ2) is 2.34. The number of allylic oxidation sites excluding steroid dienone is 2. The molecule has 0 heterocycles. The lowest BCUT2D eigenvalue weighted by Crippen LogP contribution is -2.01. The summed E-state index contributed by atoms with van der Waals surface area (Å²) in [5.41, 5.74) is 0. The fraction of sp³-hybridized carbons (Fsp3) is 0.750. The van der Waals surface area contributed by atoms with Crippen LogP contribution in [0.4, 0.5) is 0 Å². The van der Waals surface area contributed by atoms with Crippen LogP contribution in [0.3, 0.4) is 0 Å². The molecule has 0 aliphatic heterocycles. The zero-order valence-electron chi connectivity index (χ0n) is 5.72. The molecule has 0 aromatic rings. The van der Waals surface area contributed by atoms with E-state index in [4.69, 9.17) is 0 Å². The first-order chi connectivity index (χ1) is 3.79. The number of rotatable bonds is 0. The fourth-order valence-electron chi connectivity index (χ4n) is 1.10. The Labute approximate surface area is 51.6 Å². The van der Waals surface area contributed by atoms with E-state index in [1.54, 1.807) is 0 Å². The highest BCUT2D eigenvalue weighted by atomic mass is 14.1. The lowest BCUT2D eigenvalue weighted by Gasteiger charge is -2.15. The monoisotopic (exact) mass is 110 g/mol. The minimum absolute atomic E-state index is 0.839. The first kappa shape index (κ1) is 5.87. The normalized spacial score (nSPS) is 37.8. The highest BCUT2D eigenvalue weighted by Gasteiger charge is 2.06. The quantitative estimate of drug-likeness (QED) is 0.420. The van der Waals surface area contributed by atoms with Crippen molar-refractivity contribution in [1.82, 2.24) is 0 Å². The summed E-state index contributed by atoms with van der Waals surface area (Å²) in [6.45, 7) is 4.56. The summed E-state index contributed by atoms with van der Waals surface area (Å²) in [5.74, 6) is 1.68. The SMILES string of the molecule is CC1C=C[C@@H](C)CC1. The maximum absolute atomic E-state index is 2.33. The van der Waals surface area contributed by atoms with Crippen LogP contribution in [0.15, 0.2) is 12.2 Å². The minimum atomic E-state index is 0.839. The molecule has 0 heteroatoms. The molecule has 1 aliphatic carbocycles. The van der Waals surface area contributed by atoms with E-state index in [1.165, 1.54) is 12.8 Å². The van der Waals surface area contributed by atoms with E-state index in [9.17, 15) is 0 Å². The molecule has 1 unspecified atom stereocenters. The van der Waals surface area contributed by atoms with Crippen molar-refractivity contribution in [3.8, 4) is 0 Å². The summed E-state index contributed by atoms with van der Waals surface area (Å²) in [7, 11) is 0. The third kappa shape index (κ3) is 1.36. The largest absolute Gasteiger partial charge is 0.0854 e. The predicted molar refractivity (Wildman–Crippen MR) is 36.7 cm³/mol. The number of hydrogen-bond donors (Lipinski definition) is 0. The van der Waals surface area contributed by atoms with E-state index in [0.717, 1.165) is 11.8 Å². The predicted octanol–water partition coefficient (Wildman–Crippen LogP) is 2.61. The van der Waals surface area contributed by atoms with E-state index >= 15 is 0 Å². The van der Waals surface area contributed by atoms with Crippen molar-refractivity contribution < 1.29 is 0 Å². The van der Waals surface area contributed by atoms with E-state index < -0.39 is 0 Å². The maximum atomic E-state index is 2.33. The summed E-state index contributed by atoms with van der Waals surface area (Å²) in [6.07, 6.45) is 7.43. The molecule has 0 spiro atoms. The van der Waals surface area contributed by atoms with Crippen molar-refractivity contribution in [2.45, 2.75) is 26.7 Å². The van der Waals surface area contributed by atoms with Crippen LogP contribution in [0.1, 0.15) is 26.7 Å². The highest BCUT2D eigenvalue weighted by molar-refractivity contribution is 4.94. The Morgan fingerprint density at radius 3 is 1.62 bits per heavy atom. The van der Waals surface area contributed by atoms with Gasteiger partial charge < -0.3 is 0 Å². The van der Waals surface area contributed by atoms with E-state index in [-0.39, 0.29) is 0 Å². The van der Waals surface area contributed by atoms with Crippen LogP contribution in [0, 0.1) is 11.8 Å². The van der Waals surface area contributed by atoms with Gasteiger partial charge in [0, 0.05) is 0 Å². The molecule has 1 rings (SSSR count). The summed E-state index contributed by atoms with van der Waals surface area (Å²) in [4.78, 5) is 0. The number of hydrogen-bond acceptors (Lipinski definition) is 0. The molecule has 0 amide bonds. The fourth-order valence-corrected chi connectivity index (χ4v) is 1.10. The zero-order valence-corrected chi connectivity index (χ0v) is 5.72. The molecule has 2 atom stereocenters. The second-order valence-electron chi connectivity index (χ2n) is 2.92. The second-order valence-corrected chi connectivity index (χ2v) is 2.92. The van der Waals surface area contributed by atoms with Gasteiger partial charge in [-0.25, -0.2) is 0 Å². The molecule has 1 aliphatic rings. The highest BCUT2D eigenvalue weighted by Crippen LogP contribution is 2.20. The van der Waals surface area contributed by atoms with Gasteiger partial charge in [0.1, 0.15) is 0 Å². The van der Waals surface area contributed by atoms with Crippen LogP contribution in [0.2, 0.25) is 0 Å².